The second-order valence-corrected chi connectivity index (χ2v) is 4.53. The Kier molecular flexibility index (Phi) is 3.28. The number of methoxy groups -OCH3 is 1. The molecule has 0 spiro atoms. The fourth-order valence-corrected chi connectivity index (χ4v) is 2.57. The van der Waals surface area contributed by atoms with Gasteiger partial charge in [0.25, 0.3) is 0 Å². The number of hydrogen-bond acceptors (Lipinski definition) is 3. The summed E-state index contributed by atoms with van der Waals surface area (Å²) in [4.78, 5) is 0. The van der Waals surface area contributed by atoms with Crippen LogP contribution in [0.3, 0.4) is 0 Å². The molecule has 0 saturated heterocycles. The minimum Gasteiger partial charge on any atom is -0.385 e. The number of aliphatic hydroxyl groups is 1. The van der Waals surface area contributed by atoms with Crippen LogP contribution in [0, 0.1) is 0 Å². The molecule has 3 heteroatoms. The minimum absolute atomic E-state index is 0.0382. The Bertz CT molecular complexity index is 367. The van der Waals surface area contributed by atoms with E-state index in [1.54, 1.807) is 7.11 Å². The second kappa shape index (κ2) is 4.53. The molecule has 1 aromatic rings. The normalized spacial score (nSPS) is 28.1. The number of fused-ring (bicyclic) bond motifs is 1. The van der Waals surface area contributed by atoms with Crippen LogP contribution in [-0.2, 0) is 10.3 Å². The molecule has 0 heterocycles. The van der Waals surface area contributed by atoms with Crippen LogP contribution in [0.4, 0.5) is 0 Å². The quantitative estimate of drug-likeness (QED) is 0.761. The zero-order valence-corrected chi connectivity index (χ0v) is 9.65. The Labute approximate surface area is 96.2 Å². The highest BCUT2D eigenvalue weighted by atomic mass is 16.5. The van der Waals surface area contributed by atoms with Crippen molar-refractivity contribution >= 4 is 0 Å². The van der Waals surface area contributed by atoms with Gasteiger partial charge in [-0.1, -0.05) is 24.3 Å². The summed E-state index contributed by atoms with van der Waals surface area (Å²) >= 11 is 0. The van der Waals surface area contributed by atoms with Gasteiger partial charge in [-0.05, 0) is 30.4 Å². The highest BCUT2D eigenvalue weighted by Gasteiger charge is 2.39. The van der Waals surface area contributed by atoms with Crippen LogP contribution >= 0.6 is 0 Å². The van der Waals surface area contributed by atoms with E-state index in [9.17, 15) is 5.11 Å². The molecule has 0 bridgehead atoms. The number of hydrogen-bond donors (Lipinski definition) is 2. The lowest BCUT2D eigenvalue weighted by atomic mass is 9.91. The van der Waals surface area contributed by atoms with Gasteiger partial charge in [-0.25, -0.2) is 0 Å². The first kappa shape index (κ1) is 11.6. The lowest BCUT2D eigenvalue weighted by molar-refractivity contribution is 0.0162. The van der Waals surface area contributed by atoms with Crippen molar-refractivity contribution in [3.63, 3.8) is 0 Å². The maximum atomic E-state index is 10.6. The molecule has 88 valence electrons. The van der Waals surface area contributed by atoms with Gasteiger partial charge in [0.15, 0.2) is 0 Å². The monoisotopic (exact) mass is 221 g/mol. The van der Waals surface area contributed by atoms with Crippen molar-refractivity contribution in [3.05, 3.63) is 35.4 Å². The Hall–Kier alpha value is -0.900. The third-order valence-electron chi connectivity index (χ3n) is 3.36. The zero-order chi connectivity index (χ0) is 11.6. The smallest absolute Gasteiger partial charge is 0.0918 e. The molecule has 0 amide bonds. The Balaban J connectivity index is 2.18. The van der Waals surface area contributed by atoms with Crippen molar-refractivity contribution in [3.8, 4) is 0 Å². The minimum atomic E-state index is -0.755. The van der Waals surface area contributed by atoms with Crippen LogP contribution in [-0.4, -0.2) is 18.8 Å². The fraction of sp³-hybridized carbons (Fsp3) is 0.538. The summed E-state index contributed by atoms with van der Waals surface area (Å²) < 4.78 is 5.02. The largest absolute Gasteiger partial charge is 0.385 e. The van der Waals surface area contributed by atoms with Crippen LogP contribution < -0.4 is 5.73 Å². The van der Waals surface area contributed by atoms with Crippen LogP contribution in [0.5, 0.6) is 0 Å². The van der Waals surface area contributed by atoms with Crippen molar-refractivity contribution in [2.75, 3.05) is 13.7 Å². The molecule has 16 heavy (non-hydrogen) atoms. The summed E-state index contributed by atoms with van der Waals surface area (Å²) in [7, 11) is 1.68. The number of benzene rings is 1. The third kappa shape index (κ3) is 1.98. The molecule has 1 aliphatic carbocycles. The van der Waals surface area contributed by atoms with Gasteiger partial charge < -0.3 is 15.6 Å². The molecule has 3 N–H and O–H groups in total. The van der Waals surface area contributed by atoms with E-state index in [1.165, 1.54) is 0 Å². The number of ether oxygens (including phenoxy) is 1. The maximum absolute atomic E-state index is 10.6. The first-order valence-electron chi connectivity index (χ1n) is 5.74. The average molecular weight is 221 g/mol. The first-order chi connectivity index (χ1) is 7.67. The lowest BCUT2D eigenvalue weighted by Crippen LogP contribution is -2.24. The summed E-state index contributed by atoms with van der Waals surface area (Å²) in [6, 6.07) is 7.88. The Morgan fingerprint density at radius 2 is 2.25 bits per heavy atom. The molecule has 0 radical (unpaired) electrons. The van der Waals surface area contributed by atoms with Gasteiger partial charge in [0, 0.05) is 19.8 Å². The standard InChI is InChI=1S/C13H19NO2/c1-16-8-4-7-13(15)9-12(14)10-5-2-3-6-11(10)13/h2-3,5-6,12,15H,4,7-9,14H2,1H3. The lowest BCUT2D eigenvalue weighted by Gasteiger charge is -2.24. The van der Waals surface area contributed by atoms with Gasteiger partial charge >= 0.3 is 0 Å². The molecule has 2 unspecified atom stereocenters. The van der Waals surface area contributed by atoms with E-state index in [2.05, 4.69) is 0 Å². The third-order valence-corrected chi connectivity index (χ3v) is 3.36. The topological polar surface area (TPSA) is 55.5 Å². The van der Waals surface area contributed by atoms with E-state index in [4.69, 9.17) is 10.5 Å². The van der Waals surface area contributed by atoms with Crippen LogP contribution in [0.15, 0.2) is 24.3 Å². The molecule has 1 aromatic carbocycles. The molecule has 2 rings (SSSR count). The number of rotatable bonds is 4. The van der Waals surface area contributed by atoms with E-state index >= 15 is 0 Å². The SMILES string of the molecule is COCCCC1(O)CC(N)c2ccccc21. The fourth-order valence-electron chi connectivity index (χ4n) is 2.57. The Morgan fingerprint density at radius 1 is 1.50 bits per heavy atom. The van der Waals surface area contributed by atoms with Gasteiger partial charge in [0.1, 0.15) is 0 Å². The maximum Gasteiger partial charge on any atom is 0.0918 e. The van der Waals surface area contributed by atoms with Crippen molar-refractivity contribution in [2.45, 2.75) is 30.9 Å². The summed E-state index contributed by atoms with van der Waals surface area (Å²) in [6.07, 6.45) is 2.19. The van der Waals surface area contributed by atoms with E-state index in [0.29, 0.717) is 19.4 Å². The van der Waals surface area contributed by atoms with Crippen LogP contribution in [0.25, 0.3) is 0 Å². The van der Waals surface area contributed by atoms with Crippen molar-refractivity contribution < 1.29 is 9.84 Å². The van der Waals surface area contributed by atoms with E-state index in [0.717, 1.165) is 17.5 Å². The molecule has 0 saturated carbocycles. The Morgan fingerprint density at radius 3 is 3.00 bits per heavy atom. The summed E-state index contributed by atoms with van der Waals surface area (Å²) in [5, 5.41) is 10.6. The van der Waals surface area contributed by atoms with Crippen LogP contribution in [0.1, 0.15) is 36.4 Å². The highest BCUT2D eigenvalue weighted by Crippen LogP contribution is 2.44. The van der Waals surface area contributed by atoms with E-state index in [-0.39, 0.29) is 6.04 Å². The summed E-state index contributed by atoms with van der Waals surface area (Å²) in [5.74, 6) is 0. The van der Waals surface area contributed by atoms with Crippen molar-refractivity contribution in [1.82, 2.24) is 0 Å². The zero-order valence-electron chi connectivity index (χ0n) is 9.65. The molecule has 0 aromatic heterocycles. The number of nitrogens with two attached hydrogens (primary N) is 1. The van der Waals surface area contributed by atoms with E-state index < -0.39 is 5.60 Å². The molecule has 0 aliphatic heterocycles. The average Bonchev–Trinajstić information content (AvgIpc) is 2.53. The molecular formula is C13H19NO2. The van der Waals surface area contributed by atoms with Gasteiger partial charge in [0.05, 0.1) is 5.60 Å². The predicted molar refractivity (Wildman–Crippen MR) is 63.0 cm³/mol. The van der Waals surface area contributed by atoms with Crippen molar-refractivity contribution in [2.24, 2.45) is 5.73 Å². The predicted octanol–water partition coefficient (Wildman–Crippen LogP) is 1.70. The summed E-state index contributed by atoms with van der Waals surface area (Å²) in [6.45, 7) is 0.680. The van der Waals surface area contributed by atoms with Gasteiger partial charge in [-0.2, -0.15) is 0 Å². The molecule has 0 fully saturated rings. The molecule has 2 atom stereocenters. The molecule has 1 aliphatic rings. The summed E-state index contributed by atoms with van der Waals surface area (Å²) in [5.41, 5.74) is 7.36. The second-order valence-electron chi connectivity index (χ2n) is 4.53. The van der Waals surface area contributed by atoms with Gasteiger partial charge in [-0.3, -0.25) is 0 Å². The van der Waals surface area contributed by atoms with Gasteiger partial charge in [-0.15, -0.1) is 0 Å². The van der Waals surface area contributed by atoms with Crippen LogP contribution in [0.2, 0.25) is 0 Å². The van der Waals surface area contributed by atoms with Crippen molar-refractivity contribution in [1.29, 1.82) is 0 Å². The van der Waals surface area contributed by atoms with Gasteiger partial charge in [0.2, 0.25) is 0 Å². The van der Waals surface area contributed by atoms with E-state index in [1.807, 2.05) is 24.3 Å². The molecule has 3 nitrogen and oxygen atoms in total. The first-order valence-corrected chi connectivity index (χ1v) is 5.74. The molecular weight excluding hydrogens is 202 g/mol. The highest BCUT2D eigenvalue weighted by molar-refractivity contribution is 5.39.